The number of furan rings is 1. The van der Waals surface area contributed by atoms with Crippen molar-refractivity contribution in [3.8, 4) is 11.5 Å². The molecule has 0 saturated carbocycles. The van der Waals surface area contributed by atoms with Crippen molar-refractivity contribution in [2.75, 3.05) is 5.32 Å². The standard InChI is InChI=1S/C12H10N4O4/c1-6-5-8(7(2)18-6)11-15-16-12(19-11)14-10(17)9-3-4-13-20-9/h3-5H,1-2H3,(H,14,16,17). The van der Waals surface area contributed by atoms with E-state index in [1.165, 1.54) is 12.3 Å². The van der Waals surface area contributed by atoms with E-state index in [1.54, 1.807) is 13.0 Å². The summed E-state index contributed by atoms with van der Waals surface area (Å²) < 4.78 is 15.5. The van der Waals surface area contributed by atoms with Gasteiger partial charge in [0.25, 0.3) is 11.8 Å². The smallest absolute Gasteiger partial charge is 0.322 e. The van der Waals surface area contributed by atoms with E-state index in [0.717, 1.165) is 5.76 Å². The predicted octanol–water partition coefficient (Wildman–Crippen LogP) is 2.19. The lowest BCUT2D eigenvalue weighted by Crippen LogP contribution is -2.11. The van der Waals surface area contributed by atoms with E-state index in [-0.39, 0.29) is 17.7 Å². The third-order valence-corrected chi connectivity index (χ3v) is 2.58. The molecule has 8 nitrogen and oxygen atoms in total. The van der Waals surface area contributed by atoms with E-state index in [0.29, 0.717) is 11.3 Å². The number of nitrogens with zero attached hydrogens (tertiary/aromatic N) is 3. The highest BCUT2D eigenvalue weighted by atomic mass is 16.5. The Balaban J connectivity index is 1.81. The van der Waals surface area contributed by atoms with Gasteiger partial charge in [-0.05, 0) is 19.9 Å². The maximum atomic E-state index is 11.7. The molecule has 0 radical (unpaired) electrons. The van der Waals surface area contributed by atoms with Crippen LogP contribution in [0.3, 0.4) is 0 Å². The number of carbonyl (C=O) groups excluding carboxylic acids is 1. The van der Waals surface area contributed by atoms with Crippen LogP contribution in [0.25, 0.3) is 11.5 Å². The molecule has 8 heteroatoms. The summed E-state index contributed by atoms with van der Waals surface area (Å²) in [6.07, 6.45) is 1.37. The number of aromatic nitrogens is 3. The van der Waals surface area contributed by atoms with E-state index in [9.17, 15) is 4.79 Å². The molecule has 0 unspecified atom stereocenters. The van der Waals surface area contributed by atoms with Gasteiger partial charge in [0, 0.05) is 6.07 Å². The Labute approximate surface area is 112 Å². The largest absolute Gasteiger partial charge is 0.466 e. The highest BCUT2D eigenvalue weighted by Gasteiger charge is 2.17. The summed E-state index contributed by atoms with van der Waals surface area (Å²) in [6.45, 7) is 3.61. The number of amides is 1. The molecule has 0 spiro atoms. The van der Waals surface area contributed by atoms with E-state index in [1.807, 2.05) is 6.92 Å². The Morgan fingerprint density at radius 2 is 2.10 bits per heavy atom. The fourth-order valence-corrected chi connectivity index (χ4v) is 1.72. The lowest BCUT2D eigenvalue weighted by atomic mass is 10.2. The van der Waals surface area contributed by atoms with Crippen LogP contribution in [-0.4, -0.2) is 21.3 Å². The minimum absolute atomic E-state index is 0.0281. The fourth-order valence-electron chi connectivity index (χ4n) is 1.72. The van der Waals surface area contributed by atoms with Crippen molar-refractivity contribution in [1.82, 2.24) is 15.4 Å². The average Bonchev–Trinajstić information content (AvgIpc) is 3.10. The first kappa shape index (κ1) is 12.2. The van der Waals surface area contributed by atoms with Gasteiger partial charge >= 0.3 is 6.01 Å². The summed E-state index contributed by atoms with van der Waals surface area (Å²) in [4.78, 5) is 11.7. The number of carbonyl (C=O) groups is 1. The maximum Gasteiger partial charge on any atom is 0.322 e. The molecule has 0 saturated heterocycles. The van der Waals surface area contributed by atoms with Crippen LogP contribution in [0.2, 0.25) is 0 Å². The summed E-state index contributed by atoms with van der Waals surface area (Å²) in [5.41, 5.74) is 0.690. The number of rotatable bonds is 3. The molecular weight excluding hydrogens is 264 g/mol. The van der Waals surface area contributed by atoms with Crippen molar-refractivity contribution in [2.24, 2.45) is 0 Å². The van der Waals surface area contributed by atoms with Gasteiger partial charge in [-0.15, -0.1) is 5.10 Å². The van der Waals surface area contributed by atoms with Crippen molar-refractivity contribution >= 4 is 11.9 Å². The van der Waals surface area contributed by atoms with Crippen molar-refractivity contribution in [2.45, 2.75) is 13.8 Å². The molecule has 0 bridgehead atoms. The van der Waals surface area contributed by atoms with Crippen LogP contribution in [0.1, 0.15) is 22.1 Å². The summed E-state index contributed by atoms with van der Waals surface area (Å²) in [7, 11) is 0. The van der Waals surface area contributed by atoms with Crippen LogP contribution >= 0.6 is 0 Å². The first-order valence-corrected chi connectivity index (χ1v) is 5.76. The second-order valence-electron chi connectivity index (χ2n) is 4.07. The first-order chi connectivity index (χ1) is 9.63. The lowest BCUT2D eigenvalue weighted by molar-refractivity contribution is 0.0985. The van der Waals surface area contributed by atoms with Crippen LogP contribution < -0.4 is 5.32 Å². The summed E-state index contributed by atoms with van der Waals surface area (Å²) >= 11 is 0. The summed E-state index contributed by atoms with van der Waals surface area (Å²) in [5.74, 6) is 1.22. The number of hydrogen-bond acceptors (Lipinski definition) is 7. The highest BCUT2D eigenvalue weighted by Crippen LogP contribution is 2.26. The number of aryl methyl sites for hydroxylation is 2. The third-order valence-electron chi connectivity index (χ3n) is 2.58. The minimum Gasteiger partial charge on any atom is -0.466 e. The zero-order valence-corrected chi connectivity index (χ0v) is 10.7. The first-order valence-electron chi connectivity index (χ1n) is 5.76. The molecule has 0 aliphatic rings. The Morgan fingerprint density at radius 1 is 1.25 bits per heavy atom. The summed E-state index contributed by atoms with van der Waals surface area (Å²) in [5, 5.41) is 13.5. The summed E-state index contributed by atoms with van der Waals surface area (Å²) in [6, 6.07) is 3.18. The molecule has 3 aromatic rings. The van der Waals surface area contributed by atoms with Crippen molar-refractivity contribution in [3.05, 3.63) is 35.6 Å². The molecule has 1 N–H and O–H groups in total. The number of nitrogens with one attached hydrogen (secondary N) is 1. The number of anilines is 1. The topological polar surface area (TPSA) is 107 Å². The Hall–Kier alpha value is -2.90. The average molecular weight is 274 g/mol. The third kappa shape index (κ3) is 2.18. The van der Waals surface area contributed by atoms with E-state index in [2.05, 4.69) is 20.7 Å². The van der Waals surface area contributed by atoms with E-state index in [4.69, 9.17) is 13.4 Å². The molecule has 102 valence electrons. The van der Waals surface area contributed by atoms with Gasteiger partial charge in [-0.25, -0.2) is 0 Å². The zero-order chi connectivity index (χ0) is 14.1. The molecule has 0 fully saturated rings. The fraction of sp³-hybridized carbons (Fsp3) is 0.167. The quantitative estimate of drug-likeness (QED) is 0.779. The second-order valence-corrected chi connectivity index (χ2v) is 4.07. The molecule has 3 heterocycles. The molecule has 3 aromatic heterocycles. The van der Waals surface area contributed by atoms with Crippen LogP contribution in [-0.2, 0) is 0 Å². The second kappa shape index (κ2) is 4.65. The Kier molecular flexibility index (Phi) is 2.82. The molecule has 1 amide bonds. The van der Waals surface area contributed by atoms with Crippen molar-refractivity contribution in [3.63, 3.8) is 0 Å². The Morgan fingerprint density at radius 3 is 2.75 bits per heavy atom. The van der Waals surface area contributed by atoms with Gasteiger partial charge in [-0.3, -0.25) is 10.1 Å². The van der Waals surface area contributed by atoms with Crippen LogP contribution in [0.4, 0.5) is 6.01 Å². The van der Waals surface area contributed by atoms with Gasteiger partial charge in [0.15, 0.2) is 0 Å². The van der Waals surface area contributed by atoms with Gasteiger partial charge in [0.2, 0.25) is 5.76 Å². The van der Waals surface area contributed by atoms with E-state index < -0.39 is 5.91 Å². The molecule has 3 rings (SSSR count). The SMILES string of the molecule is Cc1cc(-c2nnc(NC(=O)c3ccno3)o2)c(C)o1. The van der Waals surface area contributed by atoms with Crippen molar-refractivity contribution < 1.29 is 18.2 Å². The van der Waals surface area contributed by atoms with Gasteiger partial charge < -0.3 is 13.4 Å². The number of hydrogen-bond donors (Lipinski definition) is 1. The molecule has 20 heavy (non-hydrogen) atoms. The van der Waals surface area contributed by atoms with Crippen LogP contribution in [0.5, 0.6) is 0 Å². The Bertz CT molecular complexity index is 741. The minimum atomic E-state index is -0.516. The zero-order valence-electron chi connectivity index (χ0n) is 10.7. The predicted molar refractivity (Wildman–Crippen MR) is 65.9 cm³/mol. The van der Waals surface area contributed by atoms with E-state index >= 15 is 0 Å². The van der Waals surface area contributed by atoms with Crippen LogP contribution in [0, 0.1) is 13.8 Å². The molecule has 0 atom stereocenters. The van der Waals surface area contributed by atoms with Gasteiger partial charge in [-0.1, -0.05) is 10.3 Å². The monoisotopic (exact) mass is 274 g/mol. The van der Waals surface area contributed by atoms with Gasteiger partial charge in [0.1, 0.15) is 11.5 Å². The molecule has 0 aliphatic heterocycles. The lowest BCUT2D eigenvalue weighted by Gasteiger charge is -1.94. The molecule has 0 aliphatic carbocycles. The molecular formula is C12H10N4O4. The highest BCUT2D eigenvalue weighted by molar-refractivity contribution is 6.00. The maximum absolute atomic E-state index is 11.7. The normalized spacial score (nSPS) is 10.7. The van der Waals surface area contributed by atoms with Crippen molar-refractivity contribution in [1.29, 1.82) is 0 Å². The van der Waals surface area contributed by atoms with Gasteiger partial charge in [0.05, 0.1) is 11.8 Å². The molecule has 0 aromatic carbocycles. The van der Waals surface area contributed by atoms with Gasteiger partial charge in [-0.2, -0.15) is 0 Å². The van der Waals surface area contributed by atoms with Crippen LogP contribution in [0.15, 0.2) is 31.7 Å².